The topological polar surface area (TPSA) is 82.0 Å². The lowest BCUT2D eigenvalue weighted by Gasteiger charge is -2.02. The summed E-state index contributed by atoms with van der Waals surface area (Å²) < 4.78 is 0. The number of rotatable bonds is 4. The van der Waals surface area contributed by atoms with Crippen molar-refractivity contribution in [3.63, 3.8) is 0 Å². The Hall–Kier alpha value is -1.79. The minimum Gasteiger partial charge on any atom is -0.323 e. The van der Waals surface area contributed by atoms with E-state index in [1.807, 2.05) is 18.4 Å². The number of nitro groups is 1. The van der Waals surface area contributed by atoms with Gasteiger partial charge >= 0.3 is 0 Å². The number of nitrogens with two attached hydrogens (primary N) is 1. The predicted octanol–water partition coefficient (Wildman–Crippen LogP) is 2.97. The lowest BCUT2D eigenvalue weighted by Crippen LogP contribution is -2.05. The standard InChI is InChI=1S/C13H15N3O2S/c1-8-3-4-10(5-12(8)16(17)18)6-13-15-11(7-19-13)9(2)14/h3-5,7,9H,6,14H2,1-2H3. The van der Waals surface area contributed by atoms with E-state index in [0.29, 0.717) is 12.0 Å². The second-order valence-electron chi connectivity index (χ2n) is 4.51. The van der Waals surface area contributed by atoms with Crippen LogP contribution in [0.25, 0.3) is 0 Å². The van der Waals surface area contributed by atoms with Crippen LogP contribution in [-0.2, 0) is 6.42 Å². The van der Waals surface area contributed by atoms with Crippen LogP contribution in [0.2, 0.25) is 0 Å². The highest BCUT2D eigenvalue weighted by molar-refractivity contribution is 7.09. The Bertz CT molecular complexity index is 608. The van der Waals surface area contributed by atoms with Gasteiger partial charge in [0.2, 0.25) is 0 Å². The summed E-state index contributed by atoms with van der Waals surface area (Å²) in [6, 6.07) is 5.20. The van der Waals surface area contributed by atoms with E-state index in [9.17, 15) is 10.1 Å². The van der Waals surface area contributed by atoms with Gasteiger partial charge in [0.15, 0.2) is 0 Å². The van der Waals surface area contributed by atoms with E-state index >= 15 is 0 Å². The lowest BCUT2D eigenvalue weighted by molar-refractivity contribution is -0.385. The van der Waals surface area contributed by atoms with Gasteiger partial charge in [0.05, 0.1) is 15.6 Å². The summed E-state index contributed by atoms with van der Waals surface area (Å²) in [5, 5.41) is 13.8. The largest absolute Gasteiger partial charge is 0.323 e. The van der Waals surface area contributed by atoms with E-state index in [1.54, 1.807) is 19.1 Å². The fraction of sp³-hybridized carbons (Fsp3) is 0.308. The van der Waals surface area contributed by atoms with Crippen molar-refractivity contribution in [2.75, 3.05) is 0 Å². The zero-order valence-electron chi connectivity index (χ0n) is 10.8. The van der Waals surface area contributed by atoms with Gasteiger partial charge in [-0.1, -0.05) is 12.1 Å². The maximum atomic E-state index is 10.9. The van der Waals surface area contributed by atoms with Crippen LogP contribution in [0.1, 0.15) is 34.8 Å². The first-order chi connectivity index (χ1) is 8.97. The van der Waals surface area contributed by atoms with Gasteiger partial charge in [0, 0.05) is 29.5 Å². The van der Waals surface area contributed by atoms with Crippen LogP contribution >= 0.6 is 11.3 Å². The highest BCUT2D eigenvalue weighted by atomic mass is 32.1. The van der Waals surface area contributed by atoms with Crippen molar-refractivity contribution in [1.29, 1.82) is 0 Å². The fourth-order valence-corrected chi connectivity index (χ4v) is 2.68. The number of hydrogen-bond acceptors (Lipinski definition) is 5. The molecular weight excluding hydrogens is 262 g/mol. The van der Waals surface area contributed by atoms with Gasteiger partial charge < -0.3 is 5.73 Å². The van der Waals surface area contributed by atoms with Crippen LogP contribution in [0.15, 0.2) is 23.6 Å². The zero-order chi connectivity index (χ0) is 14.0. The molecule has 0 fully saturated rings. The molecule has 0 saturated carbocycles. The average Bonchev–Trinajstić information content (AvgIpc) is 2.80. The van der Waals surface area contributed by atoms with Gasteiger partial charge in [-0.25, -0.2) is 4.98 Å². The smallest absolute Gasteiger partial charge is 0.272 e. The summed E-state index contributed by atoms with van der Waals surface area (Å²) >= 11 is 1.53. The molecular formula is C13H15N3O2S. The molecule has 5 nitrogen and oxygen atoms in total. The second kappa shape index (κ2) is 5.46. The molecule has 6 heteroatoms. The molecule has 1 atom stereocenters. The fourth-order valence-electron chi connectivity index (χ4n) is 1.75. The minimum atomic E-state index is -0.353. The molecule has 19 heavy (non-hydrogen) atoms. The van der Waals surface area contributed by atoms with Crippen LogP contribution in [0.3, 0.4) is 0 Å². The monoisotopic (exact) mass is 277 g/mol. The lowest BCUT2D eigenvalue weighted by atomic mass is 10.1. The highest BCUT2D eigenvalue weighted by Crippen LogP contribution is 2.23. The van der Waals surface area contributed by atoms with Gasteiger partial charge in [-0.3, -0.25) is 10.1 Å². The van der Waals surface area contributed by atoms with Crippen molar-refractivity contribution in [2.45, 2.75) is 26.3 Å². The summed E-state index contributed by atoms with van der Waals surface area (Å²) in [4.78, 5) is 15.0. The van der Waals surface area contributed by atoms with Gasteiger partial charge in [0.1, 0.15) is 0 Å². The molecule has 100 valence electrons. The van der Waals surface area contributed by atoms with E-state index in [1.165, 1.54) is 11.3 Å². The maximum absolute atomic E-state index is 10.9. The first kappa shape index (κ1) is 13.6. The van der Waals surface area contributed by atoms with Crippen LogP contribution < -0.4 is 5.73 Å². The van der Waals surface area contributed by atoms with Gasteiger partial charge in [-0.15, -0.1) is 11.3 Å². The summed E-state index contributed by atoms with van der Waals surface area (Å²) in [6.07, 6.45) is 0.596. The Balaban J connectivity index is 2.23. The normalized spacial score (nSPS) is 12.4. The van der Waals surface area contributed by atoms with Gasteiger partial charge in [-0.2, -0.15) is 0 Å². The Morgan fingerprint density at radius 1 is 1.53 bits per heavy atom. The van der Waals surface area contributed by atoms with E-state index < -0.39 is 0 Å². The predicted molar refractivity (Wildman–Crippen MR) is 75.4 cm³/mol. The van der Waals surface area contributed by atoms with Crippen LogP contribution in [0, 0.1) is 17.0 Å². The Labute approximate surface area is 115 Å². The molecule has 2 rings (SSSR count). The molecule has 1 aromatic carbocycles. The van der Waals surface area contributed by atoms with Crippen LogP contribution in [0.5, 0.6) is 0 Å². The van der Waals surface area contributed by atoms with Crippen molar-refractivity contribution in [3.8, 4) is 0 Å². The molecule has 1 aromatic heterocycles. The highest BCUT2D eigenvalue weighted by Gasteiger charge is 2.12. The van der Waals surface area contributed by atoms with Crippen molar-refractivity contribution in [3.05, 3.63) is 55.5 Å². The third kappa shape index (κ3) is 3.15. The van der Waals surface area contributed by atoms with E-state index in [0.717, 1.165) is 16.3 Å². The average molecular weight is 277 g/mol. The summed E-state index contributed by atoms with van der Waals surface area (Å²) in [6.45, 7) is 3.62. The van der Waals surface area contributed by atoms with Gasteiger partial charge in [0.25, 0.3) is 5.69 Å². The number of thiazole rings is 1. The Kier molecular flexibility index (Phi) is 3.92. The number of aromatic nitrogens is 1. The minimum absolute atomic E-state index is 0.0858. The molecule has 1 heterocycles. The molecule has 0 bridgehead atoms. The van der Waals surface area contributed by atoms with Gasteiger partial charge in [-0.05, 0) is 19.4 Å². The summed E-state index contributed by atoms with van der Waals surface area (Å²) in [5.74, 6) is 0. The summed E-state index contributed by atoms with van der Waals surface area (Å²) in [7, 11) is 0. The molecule has 0 aliphatic carbocycles. The number of nitro benzene ring substituents is 1. The number of hydrogen-bond donors (Lipinski definition) is 1. The molecule has 0 aliphatic heterocycles. The molecule has 0 radical (unpaired) electrons. The Morgan fingerprint density at radius 3 is 2.84 bits per heavy atom. The van der Waals surface area contributed by atoms with E-state index in [-0.39, 0.29) is 16.7 Å². The first-order valence-electron chi connectivity index (χ1n) is 5.91. The van der Waals surface area contributed by atoms with Crippen LogP contribution in [0.4, 0.5) is 5.69 Å². The third-order valence-corrected chi connectivity index (χ3v) is 3.73. The molecule has 0 spiro atoms. The molecule has 0 amide bonds. The quantitative estimate of drug-likeness (QED) is 0.688. The third-order valence-electron chi connectivity index (χ3n) is 2.86. The zero-order valence-corrected chi connectivity index (χ0v) is 11.6. The first-order valence-corrected chi connectivity index (χ1v) is 6.79. The molecule has 2 aromatic rings. The summed E-state index contributed by atoms with van der Waals surface area (Å²) in [5.41, 5.74) is 8.34. The SMILES string of the molecule is Cc1ccc(Cc2nc(C(C)N)cs2)cc1[N+](=O)[O-]. The molecule has 1 unspecified atom stereocenters. The maximum Gasteiger partial charge on any atom is 0.272 e. The van der Waals surface area contributed by atoms with E-state index in [4.69, 9.17) is 5.73 Å². The van der Waals surface area contributed by atoms with Crippen molar-refractivity contribution < 1.29 is 4.92 Å². The number of benzene rings is 1. The van der Waals surface area contributed by atoms with E-state index in [2.05, 4.69) is 4.98 Å². The van der Waals surface area contributed by atoms with Crippen molar-refractivity contribution in [2.24, 2.45) is 5.73 Å². The molecule has 2 N–H and O–H groups in total. The van der Waals surface area contributed by atoms with Crippen LogP contribution in [-0.4, -0.2) is 9.91 Å². The number of aryl methyl sites for hydroxylation is 1. The molecule has 0 aliphatic rings. The second-order valence-corrected chi connectivity index (χ2v) is 5.45. The number of nitrogens with zero attached hydrogens (tertiary/aromatic N) is 2. The van der Waals surface area contributed by atoms with Crippen molar-refractivity contribution in [1.82, 2.24) is 4.98 Å². The Morgan fingerprint density at radius 2 is 2.26 bits per heavy atom. The molecule has 0 saturated heterocycles. The van der Waals surface area contributed by atoms with Crippen molar-refractivity contribution >= 4 is 17.0 Å².